The number of oxime groups is 1. The highest BCUT2D eigenvalue weighted by Crippen LogP contribution is 2.17. The lowest BCUT2D eigenvalue weighted by Gasteiger charge is -2.20. The summed E-state index contributed by atoms with van der Waals surface area (Å²) >= 11 is 0. The first-order valence-corrected chi connectivity index (χ1v) is 7.03. The Morgan fingerprint density at radius 2 is 1.57 bits per heavy atom. The van der Waals surface area contributed by atoms with E-state index in [1.54, 1.807) is 0 Å². The smallest absolute Gasteiger partial charge is 0.147 e. The molecule has 4 nitrogen and oxygen atoms in total. The quantitative estimate of drug-likeness (QED) is 0.330. The predicted octanol–water partition coefficient (Wildman–Crippen LogP) is 2.87. The molecule has 110 valence electrons. The van der Waals surface area contributed by atoms with Gasteiger partial charge in [0.05, 0.1) is 5.92 Å². The summed E-state index contributed by atoms with van der Waals surface area (Å²) in [5, 5.41) is 15.6. The Bertz CT molecular complexity index is 569. The van der Waals surface area contributed by atoms with E-state index in [1.807, 2.05) is 48.5 Å². The predicted molar refractivity (Wildman–Crippen MR) is 85.5 cm³/mol. The average Bonchev–Trinajstić information content (AvgIpc) is 2.56. The lowest BCUT2D eigenvalue weighted by molar-refractivity contribution is 0.315. The summed E-state index contributed by atoms with van der Waals surface area (Å²) in [5.41, 5.74) is 8.07. The molecule has 0 aromatic heterocycles. The fourth-order valence-corrected chi connectivity index (χ4v) is 2.30. The summed E-state index contributed by atoms with van der Waals surface area (Å²) in [7, 11) is 0. The molecule has 4 N–H and O–H groups in total. The van der Waals surface area contributed by atoms with Gasteiger partial charge >= 0.3 is 0 Å². The Morgan fingerprint density at radius 3 is 2.10 bits per heavy atom. The first-order chi connectivity index (χ1) is 10.2. The van der Waals surface area contributed by atoms with Crippen LogP contribution in [0.4, 0.5) is 0 Å². The van der Waals surface area contributed by atoms with Crippen LogP contribution >= 0.6 is 0 Å². The SMILES string of the molecule is C[C@@H](NCC(C(N)=NO)c1ccccc1)c1ccccc1. The van der Waals surface area contributed by atoms with Gasteiger partial charge < -0.3 is 16.3 Å². The third kappa shape index (κ3) is 4.07. The third-order valence-corrected chi connectivity index (χ3v) is 3.60. The molecule has 4 heteroatoms. The number of benzene rings is 2. The van der Waals surface area contributed by atoms with Crippen LogP contribution in [0.25, 0.3) is 0 Å². The van der Waals surface area contributed by atoms with Crippen molar-refractivity contribution < 1.29 is 5.21 Å². The van der Waals surface area contributed by atoms with Gasteiger partial charge in [0, 0.05) is 12.6 Å². The van der Waals surface area contributed by atoms with Crippen LogP contribution in [0.1, 0.15) is 30.0 Å². The van der Waals surface area contributed by atoms with E-state index in [1.165, 1.54) is 5.56 Å². The first-order valence-electron chi connectivity index (χ1n) is 7.03. The molecule has 0 aliphatic rings. The van der Waals surface area contributed by atoms with E-state index in [0.29, 0.717) is 6.54 Å². The number of nitrogens with two attached hydrogens (primary N) is 1. The van der Waals surface area contributed by atoms with Crippen LogP contribution in [0.15, 0.2) is 65.8 Å². The molecule has 0 aliphatic heterocycles. The minimum absolute atomic E-state index is 0.151. The van der Waals surface area contributed by atoms with Crippen molar-refractivity contribution in [1.82, 2.24) is 5.32 Å². The van der Waals surface area contributed by atoms with Gasteiger partial charge in [0.25, 0.3) is 0 Å². The summed E-state index contributed by atoms with van der Waals surface area (Å²) in [6, 6.07) is 20.2. The van der Waals surface area contributed by atoms with Gasteiger partial charge in [-0.2, -0.15) is 0 Å². The maximum Gasteiger partial charge on any atom is 0.147 e. The Hall–Kier alpha value is -2.33. The van der Waals surface area contributed by atoms with Gasteiger partial charge in [-0.15, -0.1) is 0 Å². The van der Waals surface area contributed by atoms with Crippen molar-refractivity contribution in [1.29, 1.82) is 0 Å². The fraction of sp³-hybridized carbons (Fsp3) is 0.235. The topological polar surface area (TPSA) is 70.6 Å². The molecule has 0 spiro atoms. The van der Waals surface area contributed by atoms with Gasteiger partial charge in [-0.1, -0.05) is 65.8 Å². The molecule has 2 aromatic rings. The highest BCUT2D eigenvalue weighted by molar-refractivity contribution is 5.87. The van der Waals surface area contributed by atoms with Gasteiger partial charge in [0.2, 0.25) is 0 Å². The first kappa shape index (κ1) is 15.1. The van der Waals surface area contributed by atoms with Gasteiger partial charge in [0.15, 0.2) is 0 Å². The van der Waals surface area contributed by atoms with Crippen molar-refractivity contribution in [3.63, 3.8) is 0 Å². The van der Waals surface area contributed by atoms with E-state index in [-0.39, 0.29) is 17.8 Å². The van der Waals surface area contributed by atoms with Gasteiger partial charge in [-0.3, -0.25) is 0 Å². The number of amidine groups is 1. The number of hydrogen-bond acceptors (Lipinski definition) is 3. The minimum atomic E-state index is -0.151. The van der Waals surface area contributed by atoms with Crippen LogP contribution in [0, 0.1) is 0 Å². The van der Waals surface area contributed by atoms with Crippen molar-refractivity contribution in [3.05, 3.63) is 71.8 Å². The Kier molecular flexibility index (Phi) is 5.35. The number of nitrogens with zero attached hydrogens (tertiary/aromatic N) is 1. The molecule has 0 heterocycles. The van der Waals surface area contributed by atoms with Gasteiger partial charge in [0.1, 0.15) is 5.84 Å². The van der Waals surface area contributed by atoms with E-state index in [9.17, 15) is 0 Å². The van der Waals surface area contributed by atoms with Crippen LogP contribution in [0.3, 0.4) is 0 Å². The minimum Gasteiger partial charge on any atom is -0.409 e. The Labute approximate surface area is 125 Å². The molecule has 2 rings (SSSR count). The normalized spacial score (nSPS) is 14.6. The Balaban J connectivity index is 2.07. The second kappa shape index (κ2) is 7.45. The second-order valence-corrected chi connectivity index (χ2v) is 5.03. The standard InChI is InChI=1S/C17H21N3O/c1-13(14-8-4-2-5-9-14)19-12-16(17(18)20-21)15-10-6-3-7-11-15/h2-11,13,16,19,21H,12H2,1H3,(H2,18,20)/t13-,16?/m1/s1. The molecular weight excluding hydrogens is 262 g/mol. The third-order valence-electron chi connectivity index (χ3n) is 3.60. The molecule has 0 aliphatic carbocycles. The fourth-order valence-electron chi connectivity index (χ4n) is 2.30. The van der Waals surface area contributed by atoms with Crippen LogP contribution in [-0.2, 0) is 0 Å². The zero-order valence-corrected chi connectivity index (χ0v) is 12.1. The molecular formula is C17H21N3O. The maximum atomic E-state index is 8.98. The molecule has 0 amide bonds. The van der Waals surface area contributed by atoms with Crippen molar-refractivity contribution in [2.24, 2.45) is 10.9 Å². The van der Waals surface area contributed by atoms with Crippen LogP contribution in [0.2, 0.25) is 0 Å². The molecule has 0 saturated carbocycles. The number of hydrogen-bond donors (Lipinski definition) is 3. The molecule has 1 unspecified atom stereocenters. The molecule has 21 heavy (non-hydrogen) atoms. The number of rotatable bonds is 6. The molecule has 2 aromatic carbocycles. The molecule has 0 fully saturated rings. The second-order valence-electron chi connectivity index (χ2n) is 5.03. The van der Waals surface area contributed by atoms with Crippen molar-refractivity contribution >= 4 is 5.84 Å². The van der Waals surface area contributed by atoms with Crippen molar-refractivity contribution in [2.75, 3.05) is 6.54 Å². The zero-order chi connectivity index (χ0) is 15.1. The summed E-state index contributed by atoms with van der Waals surface area (Å²) < 4.78 is 0. The molecule has 0 saturated heterocycles. The van der Waals surface area contributed by atoms with Crippen LogP contribution in [-0.4, -0.2) is 17.6 Å². The zero-order valence-electron chi connectivity index (χ0n) is 12.1. The highest BCUT2D eigenvalue weighted by atomic mass is 16.4. The van der Waals surface area contributed by atoms with Gasteiger partial charge in [-0.05, 0) is 18.1 Å². The summed E-state index contributed by atoms with van der Waals surface area (Å²) in [4.78, 5) is 0. The molecule has 0 bridgehead atoms. The van der Waals surface area contributed by atoms with E-state index in [4.69, 9.17) is 10.9 Å². The highest BCUT2D eigenvalue weighted by Gasteiger charge is 2.17. The maximum absolute atomic E-state index is 8.98. The summed E-state index contributed by atoms with van der Waals surface area (Å²) in [6.45, 7) is 2.71. The lowest BCUT2D eigenvalue weighted by atomic mass is 9.97. The average molecular weight is 283 g/mol. The van der Waals surface area contributed by atoms with E-state index < -0.39 is 0 Å². The van der Waals surface area contributed by atoms with Gasteiger partial charge in [-0.25, -0.2) is 0 Å². The van der Waals surface area contributed by atoms with Crippen LogP contribution in [0.5, 0.6) is 0 Å². The van der Waals surface area contributed by atoms with Crippen molar-refractivity contribution in [3.8, 4) is 0 Å². The van der Waals surface area contributed by atoms with E-state index >= 15 is 0 Å². The van der Waals surface area contributed by atoms with E-state index in [0.717, 1.165) is 5.56 Å². The molecule has 0 radical (unpaired) electrons. The monoisotopic (exact) mass is 283 g/mol. The van der Waals surface area contributed by atoms with Crippen molar-refractivity contribution in [2.45, 2.75) is 18.9 Å². The largest absolute Gasteiger partial charge is 0.409 e. The lowest BCUT2D eigenvalue weighted by Crippen LogP contribution is -2.32. The van der Waals surface area contributed by atoms with E-state index in [2.05, 4.69) is 29.5 Å². The molecule has 2 atom stereocenters. The summed E-state index contributed by atoms with van der Waals surface area (Å²) in [5.74, 6) is 0.0660. The number of nitrogens with one attached hydrogen (secondary N) is 1. The summed E-state index contributed by atoms with van der Waals surface area (Å²) in [6.07, 6.45) is 0. The Morgan fingerprint density at radius 1 is 1.05 bits per heavy atom. The van der Waals surface area contributed by atoms with Crippen LogP contribution < -0.4 is 11.1 Å².